The van der Waals surface area contributed by atoms with Crippen molar-refractivity contribution in [3.8, 4) is 0 Å². The Balaban J connectivity index is 1.98. The van der Waals surface area contributed by atoms with E-state index < -0.39 is 10.0 Å². The third-order valence-corrected chi connectivity index (χ3v) is 6.19. The number of benzene rings is 1. The van der Waals surface area contributed by atoms with Crippen LogP contribution in [0.4, 0.5) is 5.69 Å². The third-order valence-electron chi connectivity index (χ3n) is 4.03. The van der Waals surface area contributed by atoms with Crippen molar-refractivity contribution in [1.29, 1.82) is 0 Å². The van der Waals surface area contributed by atoms with Gasteiger partial charge in [-0.25, -0.2) is 12.7 Å². The molecule has 2 aromatic rings. The number of halogens is 1. The van der Waals surface area contributed by atoms with Crippen LogP contribution >= 0.6 is 11.6 Å². The lowest BCUT2D eigenvalue weighted by molar-refractivity contribution is 0.0961. The molecule has 1 amide bonds. The Kier molecular flexibility index (Phi) is 4.19. The van der Waals surface area contributed by atoms with Crippen molar-refractivity contribution < 1.29 is 17.6 Å². The molecule has 0 unspecified atom stereocenters. The minimum atomic E-state index is -3.66. The number of aryl methyl sites for hydroxylation is 1. The molecule has 3 rings (SSSR count). The molecule has 0 N–H and O–H groups in total. The van der Waals surface area contributed by atoms with Gasteiger partial charge in [0.05, 0.1) is 0 Å². The highest BCUT2D eigenvalue weighted by Gasteiger charge is 2.31. The largest absolute Gasteiger partial charge is 0.455 e. The van der Waals surface area contributed by atoms with Gasteiger partial charge in [-0.1, -0.05) is 17.7 Å². The monoisotopic (exact) mass is 368 g/mol. The molecule has 8 heteroatoms. The number of hydrogen-bond acceptors (Lipinski definition) is 4. The minimum Gasteiger partial charge on any atom is -0.455 e. The van der Waals surface area contributed by atoms with Crippen molar-refractivity contribution in [3.05, 3.63) is 46.4 Å². The smallest absolute Gasteiger partial charge is 0.294 e. The van der Waals surface area contributed by atoms with E-state index in [9.17, 15) is 13.2 Å². The van der Waals surface area contributed by atoms with Crippen LogP contribution < -0.4 is 4.90 Å². The van der Waals surface area contributed by atoms with Gasteiger partial charge in [0.15, 0.2) is 5.76 Å². The van der Waals surface area contributed by atoms with Crippen molar-refractivity contribution in [2.45, 2.75) is 18.2 Å². The predicted molar refractivity (Wildman–Crippen MR) is 91.2 cm³/mol. The van der Waals surface area contributed by atoms with Gasteiger partial charge in [-0.05, 0) is 31.0 Å². The molecule has 1 aromatic carbocycles. The predicted octanol–water partition coefficient (Wildman–Crippen LogP) is 2.69. The summed E-state index contributed by atoms with van der Waals surface area (Å²) in [5, 5.41) is 0.542. The van der Waals surface area contributed by atoms with E-state index in [0.29, 0.717) is 11.6 Å². The van der Waals surface area contributed by atoms with E-state index in [4.69, 9.17) is 16.0 Å². The van der Waals surface area contributed by atoms with Gasteiger partial charge in [0.25, 0.3) is 5.91 Å². The lowest BCUT2D eigenvalue weighted by atomic mass is 10.2. The summed E-state index contributed by atoms with van der Waals surface area (Å²) >= 11 is 6.02. The van der Waals surface area contributed by atoms with Gasteiger partial charge in [-0.3, -0.25) is 4.79 Å². The summed E-state index contributed by atoms with van der Waals surface area (Å²) in [7, 11) is -0.798. The van der Waals surface area contributed by atoms with E-state index >= 15 is 0 Å². The van der Waals surface area contributed by atoms with Crippen molar-refractivity contribution in [2.24, 2.45) is 0 Å². The summed E-state index contributed by atoms with van der Waals surface area (Å²) < 4.78 is 31.1. The molecule has 24 heavy (non-hydrogen) atoms. The van der Waals surface area contributed by atoms with Gasteiger partial charge in [-0.15, -0.1) is 0 Å². The minimum absolute atomic E-state index is 0.000695. The highest BCUT2D eigenvalue weighted by molar-refractivity contribution is 7.89. The van der Waals surface area contributed by atoms with Crippen LogP contribution in [0, 0.1) is 6.92 Å². The average Bonchev–Trinajstić information content (AvgIpc) is 3.10. The molecule has 0 saturated heterocycles. The van der Waals surface area contributed by atoms with Gasteiger partial charge in [0.1, 0.15) is 10.7 Å². The molecule has 1 aromatic heterocycles. The maximum Gasteiger partial charge on any atom is 0.294 e. The van der Waals surface area contributed by atoms with Crippen molar-refractivity contribution in [3.63, 3.8) is 0 Å². The van der Waals surface area contributed by atoms with Gasteiger partial charge in [0.2, 0.25) is 10.0 Å². The second-order valence-electron chi connectivity index (χ2n) is 5.80. The molecule has 0 saturated carbocycles. The van der Waals surface area contributed by atoms with Crippen LogP contribution in [-0.2, 0) is 16.4 Å². The van der Waals surface area contributed by atoms with Crippen molar-refractivity contribution in [2.75, 3.05) is 25.5 Å². The quantitative estimate of drug-likeness (QED) is 0.835. The fourth-order valence-electron chi connectivity index (χ4n) is 2.72. The zero-order valence-electron chi connectivity index (χ0n) is 13.5. The van der Waals surface area contributed by atoms with Crippen LogP contribution in [-0.4, -0.2) is 39.3 Å². The molecule has 0 atom stereocenters. The second-order valence-corrected chi connectivity index (χ2v) is 8.36. The number of amides is 1. The first-order valence-corrected chi connectivity index (χ1v) is 9.17. The first-order chi connectivity index (χ1) is 11.2. The van der Waals surface area contributed by atoms with Crippen LogP contribution in [0.1, 0.15) is 21.9 Å². The first kappa shape index (κ1) is 17.0. The summed E-state index contributed by atoms with van der Waals surface area (Å²) in [5.41, 5.74) is 1.76. The number of rotatable bonds is 3. The number of sulfonamides is 1. The maximum absolute atomic E-state index is 12.8. The van der Waals surface area contributed by atoms with Crippen LogP contribution in [0.25, 0.3) is 0 Å². The van der Waals surface area contributed by atoms with Crippen molar-refractivity contribution in [1.82, 2.24) is 4.31 Å². The lowest BCUT2D eigenvalue weighted by Gasteiger charge is -2.15. The summed E-state index contributed by atoms with van der Waals surface area (Å²) in [4.78, 5) is 14.3. The number of fused-ring (bicyclic) bond motifs is 1. The van der Waals surface area contributed by atoms with Gasteiger partial charge in [-0.2, -0.15) is 0 Å². The molecular weight excluding hydrogens is 352 g/mol. The number of furan rings is 1. The molecule has 0 bridgehead atoms. The topological polar surface area (TPSA) is 70.8 Å². The fraction of sp³-hybridized carbons (Fsp3) is 0.312. The van der Waals surface area contributed by atoms with E-state index in [1.54, 1.807) is 17.0 Å². The van der Waals surface area contributed by atoms with Crippen LogP contribution in [0.5, 0.6) is 0 Å². The average molecular weight is 369 g/mol. The lowest BCUT2D eigenvalue weighted by Crippen LogP contribution is -2.28. The molecule has 0 spiro atoms. The van der Waals surface area contributed by atoms with Crippen molar-refractivity contribution >= 4 is 33.2 Å². The van der Waals surface area contributed by atoms with Crippen LogP contribution in [0.15, 0.2) is 33.6 Å². The normalized spacial score (nSPS) is 14.3. The molecule has 2 heterocycles. The van der Waals surface area contributed by atoms with E-state index in [0.717, 1.165) is 22.0 Å². The molecule has 0 radical (unpaired) electrons. The Hall–Kier alpha value is -1.83. The zero-order chi connectivity index (χ0) is 17.6. The zero-order valence-corrected chi connectivity index (χ0v) is 15.1. The Bertz CT molecular complexity index is 918. The summed E-state index contributed by atoms with van der Waals surface area (Å²) in [6, 6.07) is 6.69. The third kappa shape index (κ3) is 2.72. The number of anilines is 1. The van der Waals surface area contributed by atoms with Gasteiger partial charge < -0.3 is 9.32 Å². The number of nitrogens with zero attached hydrogens (tertiary/aromatic N) is 2. The van der Waals surface area contributed by atoms with Gasteiger partial charge in [0, 0.05) is 37.4 Å². The number of hydrogen-bond donors (Lipinski definition) is 0. The maximum atomic E-state index is 12.8. The Morgan fingerprint density at radius 2 is 2.00 bits per heavy atom. The summed E-state index contributed by atoms with van der Waals surface area (Å²) in [6.45, 7) is 2.03. The Labute approximate surface area is 145 Å². The van der Waals surface area contributed by atoms with Crippen LogP contribution in [0.3, 0.4) is 0 Å². The molecular formula is C16H17ClN2O4S. The fourth-order valence-corrected chi connectivity index (χ4v) is 3.94. The van der Waals surface area contributed by atoms with E-state index in [-0.39, 0.29) is 22.3 Å². The standard InChI is InChI=1S/C16H17ClN2O4S/c1-10-15(24(21,22)18(2)3)9-14(23-10)16(20)19-7-6-11-4-5-12(17)8-13(11)19/h4-5,8-9H,6-7H2,1-3H3. The number of carbonyl (C=O) groups is 1. The molecule has 0 fully saturated rings. The number of carbonyl (C=O) groups excluding carboxylic acids is 1. The van der Waals surface area contributed by atoms with E-state index in [2.05, 4.69) is 0 Å². The second kappa shape index (κ2) is 5.91. The summed E-state index contributed by atoms with van der Waals surface area (Å²) in [6.07, 6.45) is 0.723. The molecule has 128 valence electrons. The van der Waals surface area contributed by atoms with E-state index in [1.165, 1.54) is 27.1 Å². The molecule has 1 aliphatic heterocycles. The summed E-state index contributed by atoms with van der Waals surface area (Å²) in [5.74, 6) is -0.183. The highest BCUT2D eigenvalue weighted by Crippen LogP contribution is 2.33. The van der Waals surface area contributed by atoms with Gasteiger partial charge >= 0.3 is 0 Å². The SMILES string of the molecule is Cc1oc(C(=O)N2CCc3ccc(Cl)cc32)cc1S(=O)(=O)N(C)C. The van der Waals surface area contributed by atoms with E-state index in [1.807, 2.05) is 6.07 Å². The highest BCUT2D eigenvalue weighted by atomic mass is 35.5. The Morgan fingerprint density at radius 1 is 1.29 bits per heavy atom. The Morgan fingerprint density at radius 3 is 2.67 bits per heavy atom. The molecule has 6 nitrogen and oxygen atoms in total. The van der Waals surface area contributed by atoms with Crippen LogP contribution in [0.2, 0.25) is 5.02 Å². The molecule has 1 aliphatic rings. The first-order valence-electron chi connectivity index (χ1n) is 7.35. The molecule has 0 aliphatic carbocycles.